The first kappa shape index (κ1) is 35.7. The molecule has 270 valence electrons. The molecule has 5 heterocycles. The number of aliphatic imine (C=N–C) groups is 1. The molecule has 0 spiro atoms. The minimum Gasteiger partial charge on any atom is -0.369 e. The third kappa shape index (κ3) is 6.85. The molecule has 3 aliphatic rings. The number of anilines is 1. The summed E-state index contributed by atoms with van der Waals surface area (Å²) in [6.07, 6.45) is 7.95. The molecule has 4 N–H and O–H groups in total. The first-order valence-corrected chi connectivity index (χ1v) is 18.8. The van der Waals surface area contributed by atoms with Gasteiger partial charge in [-0.15, -0.1) is 11.3 Å². The van der Waals surface area contributed by atoms with Crippen LogP contribution in [0, 0.1) is 5.41 Å². The van der Waals surface area contributed by atoms with Gasteiger partial charge in [0, 0.05) is 35.6 Å². The largest absolute Gasteiger partial charge is 0.369 e. The van der Waals surface area contributed by atoms with Gasteiger partial charge in [-0.3, -0.25) is 29.8 Å². The summed E-state index contributed by atoms with van der Waals surface area (Å²) in [6, 6.07) is 32.7. The van der Waals surface area contributed by atoms with Gasteiger partial charge in [-0.1, -0.05) is 85.3 Å². The number of amides is 2. The van der Waals surface area contributed by atoms with E-state index in [0.29, 0.717) is 0 Å². The molecule has 8 rings (SSSR count). The Morgan fingerprint density at radius 2 is 1.57 bits per heavy atom. The lowest BCUT2D eigenvalue weighted by atomic mass is 9.83. The van der Waals surface area contributed by atoms with Crippen LogP contribution in [0.25, 0.3) is 11.1 Å². The highest BCUT2D eigenvalue weighted by atomic mass is 32.1. The normalized spacial score (nSPS) is 19.8. The third-order valence-electron chi connectivity index (χ3n) is 10.2. The first-order valence-electron chi connectivity index (χ1n) is 17.9. The molecule has 3 aliphatic heterocycles. The van der Waals surface area contributed by atoms with Crippen LogP contribution in [0.2, 0.25) is 0 Å². The van der Waals surface area contributed by atoms with Gasteiger partial charge < -0.3 is 16.0 Å². The second-order valence-corrected chi connectivity index (χ2v) is 14.7. The second-order valence-electron chi connectivity index (χ2n) is 13.8. The van der Waals surface area contributed by atoms with Crippen molar-refractivity contribution in [3.63, 3.8) is 0 Å². The van der Waals surface area contributed by atoms with E-state index in [1.807, 2.05) is 115 Å². The molecule has 0 saturated carbocycles. The number of carbonyl (C=O) groups is 2. The Kier molecular flexibility index (Phi) is 10.2. The molecular formula is C42H44N8O2S. The van der Waals surface area contributed by atoms with E-state index in [4.69, 9.17) is 16.1 Å². The molecule has 2 saturated heterocycles. The minimum atomic E-state index is -1.30. The highest BCUT2D eigenvalue weighted by Crippen LogP contribution is 2.44. The predicted molar refractivity (Wildman–Crippen MR) is 211 cm³/mol. The number of hydrogen-bond donors (Lipinski definition) is 3. The van der Waals surface area contributed by atoms with Crippen LogP contribution in [0.4, 0.5) is 5.69 Å². The van der Waals surface area contributed by atoms with Crippen LogP contribution < -0.4 is 16.0 Å². The number of hydrogen-bond acceptors (Lipinski definition) is 8. The summed E-state index contributed by atoms with van der Waals surface area (Å²) in [6.45, 7) is 4.68. The summed E-state index contributed by atoms with van der Waals surface area (Å²) in [5.74, 6) is -0.163. The quantitative estimate of drug-likeness (QED) is 0.172. The number of aromatic nitrogens is 1. The Bertz CT molecular complexity index is 2070. The van der Waals surface area contributed by atoms with Crippen LogP contribution in [0.15, 0.2) is 126 Å². The molecule has 11 heteroatoms. The molecule has 0 bridgehead atoms. The minimum absolute atomic E-state index is 0.0720. The number of nitrogens with two attached hydrogens (primary N) is 1. The Morgan fingerprint density at radius 1 is 0.868 bits per heavy atom. The van der Waals surface area contributed by atoms with Crippen LogP contribution in [-0.2, 0) is 27.2 Å². The Morgan fingerprint density at radius 3 is 2.17 bits per heavy atom. The lowest BCUT2D eigenvalue weighted by molar-refractivity contribution is -0.130. The summed E-state index contributed by atoms with van der Waals surface area (Å²) in [7, 11) is 1.63. The van der Waals surface area contributed by atoms with Crippen molar-refractivity contribution >= 4 is 40.8 Å². The van der Waals surface area contributed by atoms with Crippen molar-refractivity contribution in [3.05, 3.63) is 142 Å². The predicted octanol–water partition coefficient (Wildman–Crippen LogP) is 6.69. The lowest BCUT2D eigenvalue weighted by Crippen LogP contribution is -2.60. The maximum Gasteiger partial charge on any atom is 0.266 e. The molecule has 3 aromatic carbocycles. The average molecular weight is 725 g/mol. The summed E-state index contributed by atoms with van der Waals surface area (Å²) in [4.78, 5) is 42.4. The molecule has 0 unspecified atom stereocenters. The molecular weight excluding hydrogens is 681 g/mol. The smallest absolute Gasteiger partial charge is 0.266 e. The van der Waals surface area contributed by atoms with E-state index in [2.05, 4.69) is 21.7 Å². The zero-order valence-electron chi connectivity index (χ0n) is 30.0. The highest BCUT2D eigenvalue weighted by Gasteiger charge is 2.51. The van der Waals surface area contributed by atoms with Gasteiger partial charge in [0.05, 0.1) is 18.5 Å². The Hall–Kier alpha value is -5.65. The fourth-order valence-electron chi connectivity index (χ4n) is 7.31. The Labute approximate surface area is 314 Å². The summed E-state index contributed by atoms with van der Waals surface area (Å²) >= 11 is 1.56. The van der Waals surface area contributed by atoms with E-state index in [0.717, 1.165) is 38.4 Å². The van der Waals surface area contributed by atoms with Crippen LogP contribution in [0.3, 0.4) is 0 Å². The van der Waals surface area contributed by atoms with Gasteiger partial charge in [0.2, 0.25) is 11.9 Å². The van der Waals surface area contributed by atoms with Crippen molar-refractivity contribution in [2.24, 2.45) is 10.7 Å². The Balaban J connectivity index is 0.000000661. The van der Waals surface area contributed by atoms with E-state index in [-0.39, 0.29) is 36.7 Å². The van der Waals surface area contributed by atoms with Crippen LogP contribution in [0.5, 0.6) is 0 Å². The molecule has 5 aromatic rings. The zero-order chi connectivity index (χ0) is 37.0. The van der Waals surface area contributed by atoms with Gasteiger partial charge in [-0.2, -0.15) is 0 Å². The number of pyridine rings is 1. The molecule has 53 heavy (non-hydrogen) atoms. The van der Waals surface area contributed by atoms with E-state index in [9.17, 15) is 9.59 Å². The van der Waals surface area contributed by atoms with Crippen LogP contribution in [-0.4, -0.2) is 58.7 Å². The maximum absolute atomic E-state index is 14.4. The third-order valence-corrected chi connectivity index (χ3v) is 11.4. The standard InChI is InChI=1S/C37H33N7O2S.C5H11N/c1-36(31-20-27(24-47-31)26-12-10-18-40-22-26)21-32(45)42(2)35(39)44(36)30-17-9-11-25(19-30)23-43-33(46)37(41-34(43)38,28-13-5-3-6-14-28)29-15-7-4-8-16-29;1-2-4-6-5-3-1/h3-20,22,24,39H,21,23H2,1-2H3,(H2,38,41);6H,1-5H2/t36-;/m0./s1. The maximum atomic E-state index is 14.4. The lowest BCUT2D eigenvalue weighted by Gasteiger charge is -2.48. The van der Waals surface area contributed by atoms with E-state index < -0.39 is 11.1 Å². The number of piperidine rings is 1. The molecule has 2 aromatic heterocycles. The second kappa shape index (κ2) is 15.1. The number of rotatable bonds is 7. The van der Waals surface area contributed by atoms with Crippen molar-refractivity contribution in [3.8, 4) is 11.1 Å². The van der Waals surface area contributed by atoms with Gasteiger partial charge >= 0.3 is 0 Å². The number of nitrogens with one attached hydrogen (secondary N) is 2. The topological polar surface area (TPSA) is 131 Å². The van der Waals surface area contributed by atoms with E-state index >= 15 is 0 Å². The zero-order valence-corrected chi connectivity index (χ0v) is 30.9. The number of benzene rings is 3. The monoisotopic (exact) mass is 724 g/mol. The van der Waals surface area contributed by atoms with Crippen molar-refractivity contribution in [2.45, 2.75) is 50.2 Å². The van der Waals surface area contributed by atoms with E-state index in [1.54, 1.807) is 24.6 Å². The molecule has 0 radical (unpaired) electrons. The van der Waals surface area contributed by atoms with Crippen LogP contribution >= 0.6 is 11.3 Å². The highest BCUT2D eigenvalue weighted by molar-refractivity contribution is 7.10. The van der Waals surface area contributed by atoms with Gasteiger partial charge in [-0.05, 0) is 84.8 Å². The van der Waals surface area contributed by atoms with Gasteiger partial charge in [-0.25, -0.2) is 4.99 Å². The number of nitrogens with zero attached hydrogens (tertiary/aromatic N) is 5. The molecule has 1 atom stereocenters. The molecule has 10 nitrogen and oxygen atoms in total. The molecule has 2 fully saturated rings. The fourth-order valence-corrected chi connectivity index (χ4v) is 8.38. The van der Waals surface area contributed by atoms with Crippen molar-refractivity contribution in [1.29, 1.82) is 5.41 Å². The number of thiophene rings is 1. The SMILES string of the molecule is C1CCNCC1.CN1C(=N)N(c2cccc(CN3C(=O)C(c4ccccc4)(c4ccccc4)N=C3N)c2)[C@](C)(c2cc(-c3cccnc3)cs2)CC1=O. The van der Waals surface area contributed by atoms with Crippen molar-refractivity contribution in [2.75, 3.05) is 25.0 Å². The average Bonchev–Trinajstić information content (AvgIpc) is 3.80. The van der Waals surface area contributed by atoms with Gasteiger partial charge in [0.1, 0.15) is 0 Å². The van der Waals surface area contributed by atoms with Crippen molar-refractivity contribution in [1.82, 2.24) is 20.1 Å². The number of guanidine groups is 2. The van der Waals surface area contributed by atoms with Crippen LogP contribution in [0.1, 0.15) is 54.2 Å². The first-order chi connectivity index (χ1) is 25.7. The van der Waals surface area contributed by atoms with Gasteiger partial charge in [0.15, 0.2) is 11.5 Å². The number of carbonyl (C=O) groups excluding carboxylic acids is 2. The van der Waals surface area contributed by atoms with Crippen molar-refractivity contribution < 1.29 is 9.59 Å². The van der Waals surface area contributed by atoms with E-state index in [1.165, 1.54) is 42.2 Å². The molecule has 2 amide bonds. The summed E-state index contributed by atoms with van der Waals surface area (Å²) in [5.41, 5.74) is 9.41. The molecule has 0 aliphatic carbocycles. The fraction of sp³-hybridized carbons (Fsp3) is 0.262. The summed E-state index contributed by atoms with van der Waals surface area (Å²) in [5, 5.41) is 14.5. The van der Waals surface area contributed by atoms with Gasteiger partial charge in [0.25, 0.3) is 5.91 Å². The summed E-state index contributed by atoms with van der Waals surface area (Å²) < 4.78 is 0.